The van der Waals surface area contributed by atoms with E-state index in [-0.39, 0.29) is 5.91 Å². The van der Waals surface area contributed by atoms with E-state index in [4.69, 9.17) is 5.73 Å². The Balaban J connectivity index is 1.82. The van der Waals surface area contributed by atoms with Crippen LogP contribution in [-0.4, -0.2) is 34.6 Å². The molecule has 5 heteroatoms. The molecule has 1 aromatic heterocycles. The first-order valence-electron chi connectivity index (χ1n) is 5.27. The number of nitrogen functional groups attached to an aromatic ring is 1. The van der Waals surface area contributed by atoms with Crippen LogP contribution in [0.25, 0.3) is 0 Å². The average Bonchev–Trinajstić information content (AvgIpc) is 3.11. The fourth-order valence-electron chi connectivity index (χ4n) is 1.38. The number of nitrogens with zero attached hydrogens (tertiary/aromatic N) is 2. The second-order valence-electron chi connectivity index (χ2n) is 3.95. The van der Waals surface area contributed by atoms with E-state index in [0.29, 0.717) is 17.5 Å². The first-order valence-corrected chi connectivity index (χ1v) is 6.25. The fraction of sp³-hybridized carbons (Fsp3) is 0.455. The maximum Gasteiger partial charge on any atom is 0.232 e. The van der Waals surface area contributed by atoms with E-state index in [1.165, 1.54) is 11.8 Å². The molecular formula is C11H15N3OS. The van der Waals surface area contributed by atoms with Gasteiger partial charge in [0.15, 0.2) is 0 Å². The minimum absolute atomic E-state index is 0.172. The van der Waals surface area contributed by atoms with Gasteiger partial charge in [-0.3, -0.25) is 4.79 Å². The first kappa shape index (κ1) is 11.3. The molecule has 0 atom stereocenters. The molecule has 0 unspecified atom stereocenters. The Morgan fingerprint density at radius 2 is 2.38 bits per heavy atom. The van der Waals surface area contributed by atoms with Gasteiger partial charge >= 0.3 is 0 Å². The van der Waals surface area contributed by atoms with Crippen LogP contribution in [0.15, 0.2) is 23.4 Å². The van der Waals surface area contributed by atoms with E-state index in [1.807, 2.05) is 18.0 Å². The molecule has 0 aliphatic heterocycles. The number of rotatable bonds is 4. The standard InChI is InChI=1S/C11H15N3OS/c1-14(9-3-4-9)11(15)7-16-10-5-2-8(12)6-13-10/h2,5-6,9H,3-4,7,12H2,1H3. The summed E-state index contributed by atoms with van der Waals surface area (Å²) in [4.78, 5) is 17.7. The van der Waals surface area contributed by atoms with Crippen molar-refractivity contribution in [3.8, 4) is 0 Å². The lowest BCUT2D eigenvalue weighted by atomic mass is 10.4. The van der Waals surface area contributed by atoms with E-state index in [9.17, 15) is 4.79 Å². The van der Waals surface area contributed by atoms with Crippen LogP contribution in [0.5, 0.6) is 0 Å². The Bertz CT molecular complexity index is 375. The van der Waals surface area contributed by atoms with Crippen LogP contribution in [0, 0.1) is 0 Å². The monoisotopic (exact) mass is 237 g/mol. The third-order valence-corrected chi connectivity index (χ3v) is 3.52. The number of nitrogens with two attached hydrogens (primary N) is 1. The van der Waals surface area contributed by atoms with E-state index in [0.717, 1.165) is 17.9 Å². The summed E-state index contributed by atoms with van der Waals surface area (Å²) in [5.74, 6) is 0.621. The second kappa shape index (κ2) is 4.74. The van der Waals surface area contributed by atoms with Crippen LogP contribution >= 0.6 is 11.8 Å². The SMILES string of the molecule is CN(C(=O)CSc1ccc(N)cn1)C1CC1. The third kappa shape index (κ3) is 2.88. The predicted molar refractivity (Wildman–Crippen MR) is 65.2 cm³/mol. The van der Waals surface area contributed by atoms with Gasteiger partial charge in [0.25, 0.3) is 0 Å². The molecule has 1 amide bonds. The molecular weight excluding hydrogens is 222 g/mol. The normalized spacial score (nSPS) is 14.8. The van der Waals surface area contributed by atoms with Crippen LogP contribution in [0.2, 0.25) is 0 Å². The quantitative estimate of drug-likeness (QED) is 0.804. The van der Waals surface area contributed by atoms with Crippen molar-refractivity contribution in [2.75, 3.05) is 18.5 Å². The summed E-state index contributed by atoms with van der Waals surface area (Å²) in [6.07, 6.45) is 3.90. The van der Waals surface area contributed by atoms with Gasteiger partial charge in [0.1, 0.15) is 0 Å². The predicted octanol–water partition coefficient (Wildman–Crippen LogP) is 1.38. The summed E-state index contributed by atoms with van der Waals surface area (Å²) in [5.41, 5.74) is 6.18. The van der Waals surface area contributed by atoms with Crippen molar-refractivity contribution in [1.29, 1.82) is 0 Å². The molecule has 0 saturated heterocycles. The fourth-order valence-corrected chi connectivity index (χ4v) is 2.15. The summed E-state index contributed by atoms with van der Waals surface area (Å²) in [5, 5.41) is 0.840. The zero-order chi connectivity index (χ0) is 11.5. The lowest BCUT2D eigenvalue weighted by Crippen LogP contribution is -2.30. The summed E-state index contributed by atoms with van der Waals surface area (Å²) in [6.45, 7) is 0. The number of aromatic nitrogens is 1. The zero-order valence-corrected chi connectivity index (χ0v) is 10.0. The highest BCUT2D eigenvalue weighted by Crippen LogP contribution is 2.26. The molecule has 1 saturated carbocycles. The molecule has 1 aromatic rings. The lowest BCUT2D eigenvalue weighted by molar-refractivity contribution is -0.127. The highest BCUT2D eigenvalue weighted by molar-refractivity contribution is 7.99. The first-order chi connectivity index (χ1) is 7.66. The molecule has 16 heavy (non-hydrogen) atoms. The van der Waals surface area contributed by atoms with Gasteiger partial charge in [-0.2, -0.15) is 0 Å². The number of carbonyl (C=O) groups excluding carboxylic acids is 1. The maximum absolute atomic E-state index is 11.7. The molecule has 4 nitrogen and oxygen atoms in total. The molecule has 1 fully saturated rings. The Labute approximate surface area is 99.2 Å². The number of thioether (sulfide) groups is 1. The highest BCUT2D eigenvalue weighted by Gasteiger charge is 2.29. The van der Waals surface area contributed by atoms with E-state index in [2.05, 4.69) is 4.98 Å². The smallest absolute Gasteiger partial charge is 0.232 e. The van der Waals surface area contributed by atoms with Crippen molar-refractivity contribution < 1.29 is 4.79 Å². The van der Waals surface area contributed by atoms with Crippen molar-refractivity contribution in [3.63, 3.8) is 0 Å². The Kier molecular flexibility index (Phi) is 3.33. The minimum atomic E-state index is 0.172. The van der Waals surface area contributed by atoms with Crippen LogP contribution in [0.3, 0.4) is 0 Å². The molecule has 1 aliphatic rings. The molecule has 86 valence electrons. The number of pyridine rings is 1. The molecule has 0 aromatic carbocycles. The van der Waals surface area contributed by atoms with E-state index < -0.39 is 0 Å². The molecule has 0 radical (unpaired) electrons. The van der Waals surface area contributed by atoms with Crippen molar-refractivity contribution in [1.82, 2.24) is 9.88 Å². The zero-order valence-electron chi connectivity index (χ0n) is 9.22. The topological polar surface area (TPSA) is 59.2 Å². The van der Waals surface area contributed by atoms with Crippen molar-refractivity contribution in [2.24, 2.45) is 0 Å². The van der Waals surface area contributed by atoms with Crippen molar-refractivity contribution >= 4 is 23.4 Å². The molecule has 2 rings (SSSR count). The third-order valence-electron chi connectivity index (χ3n) is 2.59. The second-order valence-corrected chi connectivity index (χ2v) is 4.95. The van der Waals surface area contributed by atoms with Crippen LogP contribution in [0.4, 0.5) is 5.69 Å². The van der Waals surface area contributed by atoms with Gasteiger partial charge in [0.05, 0.1) is 22.7 Å². The largest absolute Gasteiger partial charge is 0.397 e. The molecule has 0 bridgehead atoms. The maximum atomic E-state index is 11.7. The van der Waals surface area contributed by atoms with Gasteiger partial charge in [-0.05, 0) is 25.0 Å². The molecule has 2 N–H and O–H groups in total. The van der Waals surface area contributed by atoms with E-state index in [1.54, 1.807) is 12.3 Å². The Morgan fingerprint density at radius 3 is 2.94 bits per heavy atom. The number of anilines is 1. The van der Waals surface area contributed by atoms with Crippen molar-refractivity contribution in [2.45, 2.75) is 23.9 Å². The van der Waals surface area contributed by atoms with Gasteiger partial charge in [0.2, 0.25) is 5.91 Å². The van der Waals surface area contributed by atoms with Crippen LogP contribution in [-0.2, 0) is 4.79 Å². The van der Waals surface area contributed by atoms with Gasteiger partial charge in [-0.15, -0.1) is 0 Å². The van der Waals surface area contributed by atoms with Crippen LogP contribution < -0.4 is 5.73 Å². The summed E-state index contributed by atoms with van der Waals surface area (Å²) >= 11 is 1.45. The molecule has 0 spiro atoms. The number of hydrogen-bond acceptors (Lipinski definition) is 4. The molecule has 1 aliphatic carbocycles. The van der Waals surface area contributed by atoms with Gasteiger partial charge in [-0.1, -0.05) is 11.8 Å². The number of amides is 1. The van der Waals surface area contributed by atoms with Gasteiger partial charge in [0, 0.05) is 13.1 Å². The average molecular weight is 237 g/mol. The Morgan fingerprint density at radius 1 is 1.62 bits per heavy atom. The van der Waals surface area contributed by atoms with Crippen molar-refractivity contribution in [3.05, 3.63) is 18.3 Å². The van der Waals surface area contributed by atoms with Crippen LogP contribution in [0.1, 0.15) is 12.8 Å². The molecule has 1 heterocycles. The summed E-state index contributed by atoms with van der Waals surface area (Å²) in [7, 11) is 1.87. The van der Waals surface area contributed by atoms with Gasteiger partial charge in [-0.25, -0.2) is 4.98 Å². The van der Waals surface area contributed by atoms with Gasteiger partial charge < -0.3 is 10.6 Å². The number of hydrogen-bond donors (Lipinski definition) is 1. The highest BCUT2D eigenvalue weighted by atomic mass is 32.2. The van der Waals surface area contributed by atoms with E-state index >= 15 is 0 Å². The minimum Gasteiger partial charge on any atom is -0.397 e. The lowest BCUT2D eigenvalue weighted by Gasteiger charge is -2.15. The Hall–Kier alpha value is -1.23. The summed E-state index contributed by atoms with van der Waals surface area (Å²) < 4.78 is 0. The summed E-state index contributed by atoms with van der Waals surface area (Å²) in [6, 6.07) is 4.11. The number of carbonyl (C=O) groups is 1.